The molecule has 16 heavy (non-hydrogen) atoms. The van der Waals surface area contributed by atoms with Gasteiger partial charge in [0.1, 0.15) is 11.5 Å². The zero-order valence-electron chi connectivity index (χ0n) is 10.3. The monoisotopic (exact) mass is 225 g/mol. The molecule has 0 radical (unpaired) electrons. The Bertz CT molecular complexity index is 364. The number of hydrogen-bond acceptors (Lipinski definition) is 4. The number of benzene rings is 1. The SMILES string of the molecule is COc1cc(C)c(CCON)c(OC)c1C. The van der Waals surface area contributed by atoms with Gasteiger partial charge in [-0.15, -0.1) is 0 Å². The van der Waals surface area contributed by atoms with Gasteiger partial charge in [0.25, 0.3) is 0 Å². The minimum atomic E-state index is 0.475. The van der Waals surface area contributed by atoms with E-state index >= 15 is 0 Å². The van der Waals surface area contributed by atoms with Crippen LogP contribution in [-0.2, 0) is 11.3 Å². The Morgan fingerprint density at radius 2 is 1.88 bits per heavy atom. The molecule has 0 spiro atoms. The molecule has 0 heterocycles. The van der Waals surface area contributed by atoms with Crippen molar-refractivity contribution in [2.75, 3.05) is 20.8 Å². The predicted molar refractivity (Wildman–Crippen MR) is 62.9 cm³/mol. The molecule has 0 saturated heterocycles. The summed E-state index contributed by atoms with van der Waals surface area (Å²) >= 11 is 0. The zero-order chi connectivity index (χ0) is 12.1. The second-order valence-electron chi connectivity index (χ2n) is 3.65. The van der Waals surface area contributed by atoms with E-state index in [2.05, 4.69) is 4.84 Å². The first-order valence-electron chi connectivity index (χ1n) is 5.18. The van der Waals surface area contributed by atoms with Crippen molar-refractivity contribution in [1.29, 1.82) is 0 Å². The van der Waals surface area contributed by atoms with E-state index in [9.17, 15) is 0 Å². The Kier molecular flexibility index (Phi) is 4.58. The van der Waals surface area contributed by atoms with Gasteiger partial charge in [-0.2, -0.15) is 0 Å². The van der Waals surface area contributed by atoms with Crippen molar-refractivity contribution in [2.45, 2.75) is 20.3 Å². The van der Waals surface area contributed by atoms with Gasteiger partial charge in [-0.1, -0.05) is 0 Å². The molecule has 4 nitrogen and oxygen atoms in total. The minimum Gasteiger partial charge on any atom is -0.496 e. The van der Waals surface area contributed by atoms with E-state index in [1.807, 2.05) is 19.9 Å². The first-order chi connectivity index (χ1) is 7.65. The Hall–Kier alpha value is -1.26. The smallest absolute Gasteiger partial charge is 0.129 e. The lowest BCUT2D eigenvalue weighted by atomic mass is 10.0. The van der Waals surface area contributed by atoms with Crippen LogP contribution in [-0.4, -0.2) is 20.8 Å². The highest BCUT2D eigenvalue weighted by atomic mass is 16.6. The fourth-order valence-corrected chi connectivity index (χ4v) is 1.87. The predicted octanol–water partition coefficient (Wildman–Crippen LogP) is 1.75. The molecule has 4 heteroatoms. The maximum absolute atomic E-state index is 5.42. The molecular formula is C12H19NO3. The van der Waals surface area contributed by atoms with Gasteiger partial charge in [0.05, 0.1) is 20.8 Å². The average molecular weight is 225 g/mol. The highest BCUT2D eigenvalue weighted by Gasteiger charge is 2.14. The maximum Gasteiger partial charge on any atom is 0.129 e. The summed E-state index contributed by atoms with van der Waals surface area (Å²) in [7, 11) is 3.32. The molecule has 1 rings (SSSR count). The summed E-state index contributed by atoms with van der Waals surface area (Å²) in [5.41, 5.74) is 3.24. The molecule has 2 N–H and O–H groups in total. The van der Waals surface area contributed by atoms with Gasteiger partial charge in [-0.25, -0.2) is 5.90 Å². The Labute approximate surface area is 96.3 Å². The van der Waals surface area contributed by atoms with Crippen molar-refractivity contribution in [1.82, 2.24) is 0 Å². The van der Waals surface area contributed by atoms with E-state index in [-0.39, 0.29) is 0 Å². The van der Waals surface area contributed by atoms with Crippen molar-refractivity contribution >= 4 is 0 Å². The first kappa shape index (κ1) is 12.8. The largest absolute Gasteiger partial charge is 0.496 e. The molecule has 0 bridgehead atoms. The van der Waals surface area contributed by atoms with Crippen LogP contribution < -0.4 is 15.4 Å². The van der Waals surface area contributed by atoms with Crippen molar-refractivity contribution in [3.05, 3.63) is 22.8 Å². The van der Waals surface area contributed by atoms with E-state index in [1.54, 1.807) is 14.2 Å². The van der Waals surface area contributed by atoms with Gasteiger partial charge in [-0.3, -0.25) is 0 Å². The summed E-state index contributed by atoms with van der Waals surface area (Å²) < 4.78 is 10.7. The van der Waals surface area contributed by atoms with Crippen LogP contribution in [0.15, 0.2) is 6.07 Å². The second-order valence-corrected chi connectivity index (χ2v) is 3.65. The topological polar surface area (TPSA) is 53.7 Å². The molecule has 0 amide bonds. The van der Waals surface area contributed by atoms with Gasteiger partial charge in [-0.05, 0) is 31.0 Å². The third kappa shape index (κ3) is 2.46. The van der Waals surface area contributed by atoms with Crippen molar-refractivity contribution in [2.24, 2.45) is 5.90 Å². The number of rotatable bonds is 5. The van der Waals surface area contributed by atoms with Crippen LogP contribution in [0.4, 0.5) is 0 Å². The molecular weight excluding hydrogens is 206 g/mol. The van der Waals surface area contributed by atoms with Crippen molar-refractivity contribution in [3.8, 4) is 11.5 Å². The number of methoxy groups -OCH3 is 2. The van der Waals surface area contributed by atoms with Crippen LogP contribution >= 0.6 is 0 Å². The summed E-state index contributed by atoms with van der Waals surface area (Å²) in [5.74, 6) is 6.74. The van der Waals surface area contributed by atoms with Crippen LogP contribution in [0.25, 0.3) is 0 Å². The highest BCUT2D eigenvalue weighted by molar-refractivity contribution is 5.53. The molecule has 0 unspecified atom stereocenters. The lowest BCUT2D eigenvalue weighted by Gasteiger charge is -2.17. The summed E-state index contributed by atoms with van der Waals surface area (Å²) in [6, 6.07) is 2.00. The summed E-state index contributed by atoms with van der Waals surface area (Å²) in [4.78, 5) is 4.61. The quantitative estimate of drug-likeness (QED) is 0.776. The van der Waals surface area contributed by atoms with E-state index in [0.29, 0.717) is 6.61 Å². The third-order valence-corrected chi connectivity index (χ3v) is 2.70. The molecule has 0 aliphatic rings. The Morgan fingerprint density at radius 3 is 2.38 bits per heavy atom. The van der Waals surface area contributed by atoms with E-state index < -0.39 is 0 Å². The molecule has 1 aromatic rings. The Balaban J connectivity index is 3.20. The van der Waals surface area contributed by atoms with Crippen LogP contribution in [0.3, 0.4) is 0 Å². The molecule has 1 aromatic carbocycles. The fourth-order valence-electron chi connectivity index (χ4n) is 1.87. The minimum absolute atomic E-state index is 0.475. The van der Waals surface area contributed by atoms with Gasteiger partial charge in [0, 0.05) is 12.0 Å². The van der Waals surface area contributed by atoms with Crippen molar-refractivity contribution in [3.63, 3.8) is 0 Å². The van der Waals surface area contributed by atoms with Gasteiger partial charge < -0.3 is 14.3 Å². The zero-order valence-corrected chi connectivity index (χ0v) is 10.3. The summed E-state index contributed by atoms with van der Waals surface area (Å²) in [5, 5.41) is 0. The molecule has 0 aromatic heterocycles. The van der Waals surface area contributed by atoms with Crippen LogP contribution in [0, 0.1) is 13.8 Å². The number of nitrogens with two attached hydrogens (primary N) is 1. The fraction of sp³-hybridized carbons (Fsp3) is 0.500. The summed E-state index contributed by atoms with van der Waals surface area (Å²) in [6.45, 7) is 4.48. The highest BCUT2D eigenvalue weighted by Crippen LogP contribution is 2.34. The molecule has 90 valence electrons. The molecule has 0 saturated carbocycles. The number of ether oxygens (including phenoxy) is 2. The van der Waals surface area contributed by atoms with Crippen LogP contribution in [0.2, 0.25) is 0 Å². The van der Waals surface area contributed by atoms with Gasteiger partial charge >= 0.3 is 0 Å². The van der Waals surface area contributed by atoms with Crippen LogP contribution in [0.1, 0.15) is 16.7 Å². The Morgan fingerprint density at radius 1 is 1.19 bits per heavy atom. The van der Waals surface area contributed by atoms with Crippen molar-refractivity contribution < 1.29 is 14.3 Å². The molecule has 0 aliphatic carbocycles. The second kappa shape index (κ2) is 5.72. The lowest BCUT2D eigenvalue weighted by Crippen LogP contribution is -2.07. The molecule has 0 atom stereocenters. The number of hydrogen-bond donors (Lipinski definition) is 1. The standard InChI is InChI=1S/C12H19NO3/c1-8-7-11(14-3)9(2)12(15-4)10(8)5-6-16-13/h7H,5-6,13H2,1-4H3. The first-order valence-corrected chi connectivity index (χ1v) is 5.18. The third-order valence-electron chi connectivity index (χ3n) is 2.70. The normalized spacial score (nSPS) is 10.3. The van der Waals surface area contributed by atoms with E-state index in [0.717, 1.165) is 34.6 Å². The van der Waals surface area contributed by atoms with Gasteiger partial charge in [0.2, 0.25) is 0 Å². The maximum atomic E-state index is 5.42. The summed E-state index contributed by atoms with van der Waals surface area (Å²) in [6.07, 6.45) is 0.732. The van der Waals surface area contributed by atoms with Gasteiger partial charge in [0.15, 0.2) is 0 Å². The molecule has 0 fully saturated rings. The average Bonchev–Trinajstić information content (AvgIpc) is 2.29. The molecule has 0 aliphatic heterocycles. The number of aryl methyl sites for hydroxylation is 1. The lowest BCUT2D eigenvalue weighted by molar-refractivity contribution is 0.140. The van der Waals surface area contributed by atoms with Crippen LogP contribution in [0.5, 0.6) is 11.5 Å². The van der Waals surface area contributed by atoms with E-state index in [1.165, 1.54) is 0 Å². The van der Waals surface area contributed by atoms with E-state index in [4.69, 9.17) is 15.4 Å².